The molecule has 1 aromatic rings. The molecular weight excluding hydrogens is 320 g/mol. The summed E-state index contributed by atoms with van der Waals surface area (Å²) in [5.74, 6) is -0.516. The molecule has 0 aromatic heterocycles. The van der Waals surface area contributed by atoms with Crippen LogP contribution in [0.3, 0.4) is 0 Å². The molecular formula is C12H13FINO. The zero-order chi connectivity index (χ0) is 11.8. The molecule has 0 saturated heterocycles. The molecule has 0 atom stereocenters. The van der Waals surface area contributed by atoms with Gasteiger partial charge in [0.1, 0.15) is 5.82 Å². The van der Waals surface area contributed by atoms with E-state index in [2.05, 4.69) is 5.32 Å². The van der Waals surface area contributed by atoms with Crippen LogP contribution in [-0.2, 0) is 0 Å². The molecule has 0 spiro atoms. The maximum absolute atomic E-state index is 13.3. The Morgan fingerprint density at radius 1 is 1.50 bits per heavy atom. The lowest BCUT2D eigenvalue weighted by Gasteiger charge is -2.39. The lowest BCUT2D eigenvalue weighted by molar-refractivity contribution is 0.0849. The van der Waals surface area contributed by atoms with Crippen LogP contribution in [0.5, 0.6) is 0 Å². The number of nitrogens with one attached hydrogen (secondary N) is 1. The average Bonchev–Trinajstić information content (AvgIpc) is 2.19. The van der Waals surface area contributed by atoms with Crippen molar-refractivity contribution < 1.29 is 9.18 Å². The van der Waals surface area contributed by atoms with E-state index in [1.54, 1.807) is 12.1 Å². The van der Waals surface area contributed by atoms with Crippen LogP contribution < -0.4 is 5.32 Å². The summed E-state index contributed by atoms with van der Waals surface area (Å²) in [5.41, 5.74) is 0.334. The van der Waals surface area contributed by atoms with Crippen LogP contribution in [0.2, 0.25) is 0 Å². The molecule has 0 aliphatic heterocycles. The highest BCUT2D eigenvalue weighted by molar-refractivity contribution is 14.1. The number of carbonyl (C=O) groups is 1. The summed E-state index contributed by atoms with van der Waals surface area (Å²) in [4.78, 5) is 11.9. The largest absolute Gasteiger partial charge is 0.347 e. The molecule has 1 amide bonds. The highest BCUT2D eigenvalue weighted by Crippen LogP contribution is 2.31. The van der Waals surface area contributed by atoms with E-state index in [0.717, 1.165) is 19.3 Å². The van der Waals surface area contributed by atoms with Crippen LogP contribution in [0.25, 0.3) is 0 Å². The number of benzene rings is 1. The molecule has 2 rings (SSSR count). The molecule has 1 aromatic carbocycles. The monoisotopic (exact) mass is 333 g/mol. The third-order valence-electron chi connectivity index (χ3n) is 3.07. The normalized spacial score (nSPS) is 17.7. The van der Waals surface area contributed by atoms with Gasteiger partial charge in [0.15, 0.2) is 0 Å². The quantitative estimate of drug-likeness (QED) is 0.828. The molecule has 1 saturated carbocycles. The van der Waals surface area contributed by atoms with Crippen molar-refractivity contribution in [1.29, 1.82) is 0 Å². The standard InChI is InChI=1S/C12H13FINO/c1-12(6-3-7-12)15-11(16)8-4-2-5-9(13)10(8)14/h2,4-5H,3,6-7H2,1H3,(H,15,16). The molecule has 16 heavy (non-hydrogen) atoms. The van der Waals surface area contributed by atoms with Crippen LogP contribution in [0, 0.1) is 9.39 Å². The maximum Gasteiger partial charge on any atom is 0.252 e. The Morgan fingerprint density at radius 3 is 2.75 bits per heavy atom. The smallest absolute Gasteiger partial charge is 0.252 e. The minimum absolute atomic E-state index is 0.0908. The molecule has 1 N–H and O–H groups in total. The first-order valence-electron chi connectivity index (χ1n) is 5.28. The van der Waals surface area contributed by atoms with Crippen LogP contribution in [0.15, 0.2) is 18.2 Å². The fraction of sp³-hybridized carbons (Fsp3) is 0.417. The van der Waals surface area contributed by atoms with Gasteiger partial charge in [0, 0.05) is 5.54 Å². The molecule has 0 radical (unpaired) electrons. The van der Waals surface area contributed by atoms with Crippen molar-refractivity contribution in [2.75, 3.05) is 0 Å². The minimum Gasteiger partial charge on any atom is -0.347 e. The molecule has 1 aliphatic carbocycles. The Labute approximate surface area is 108 Å². The van der Waals surface area contributed by atoms with Gasteiger partial charge in [-0.05, 0) is 60.9 Å². The van der Waals surface area contributed by atoms with Gasteiger partial charge in [-0.15, -0.1) is 0 Å². The fourth-order valence-corrected chi connectivity index (χ4v) is 2.46. The molecule has 0 heterocycles. The number of halogens is 2. The minimum atomic E-state index is -0.341. The number of amides is 1. The van der Waals surface area contributed by atoms with Crippen molar-refractivity contribution in [3.63, 3.8) is 0 Å². The number of hydrogen-bond donors (Lipinski definition) is 1. The van der Waals surface area contributed by atoms with Gasteiger partial charge >= 0.3 is 0 Å². The highest BCUT2D eigenvalue weighted by atomic mass is 127. The summed E-state index contributed by atoms with van der Waals surface area (Å²) in [7, 11) is 0. The zero-order valence-electron chi connectivity index (χ0n) is 9.02. The summed E-state index contributed by atoms with van der Waals surface area (Å²) in [6, 6.07) is 4.58. The van der Waals surface area contributed by atoms with Gasteiger partial charge in [-0.25, -0.2) is 4.39 Å². The molecule has 0 unspecified atom stereocenters. The van der Waals surface area contributed by atoms with E-state index in [0.29, 0.717) is 9.13 Å². The first-order valence-corrected chi connectivity index (χ1v) is 6.36. The SMILES string of the molecule is CC1(NC(=O)c2cccc(F)c2I)CCC1. The van der Waals surface area contributed by atoms with Crippen molar-refractivity contribution in [2.45, 2.75) is 31.7 Å². The summed E-state index contributed by atoms with van der Waals surface area (Å²) < 4.78 is 13.7. The van der Waals surface area contributed by atoms with E-state index >= 15 is 0 Å². The van der Waals surface area contributed by atoms with E-state index < -0.39 is 0 Å². The summed E-state index contributed by atoms with van der Waals surface area (Å²) in [6.07, 6.45) is 3.16. The fourth-order valence-electron chi connectivity index (χ4n) is 1.85. The molecule has 1 aliphatic rings. The van der Waals surface area contributed by atoms with E-state index in [1.165, 1.54) is 6.07 Å². The maximum atomic E-state index is 13.3. The van der Waals surface area contributed by atoms with E-state index in [-0.39, 0.29) is 17.3 Å². The van der Waals surface area contributed by atoms with Crippen molar-refractivity contribution in [2.24, 2.45) is 0 Å². The molecule has 0 bridgehead atoms. The van der Waals surface area contributed by atoms with Crippen LogP contribution in [-0.4, -0.2) is 11.4 Å². The second-order valence-corrected chi connectivity index (χ2v) is 5.55. The van der Waals surface area contributed by atoms with Crippen molar-refractivity contribution in [3.05, 3.63) is 33.1 Å². The summed E-state index contributed by atoms with van der Waals surface area (Å²) >= 11 is 1.87. The van der Waals surface area contributed by atoms with Crippen molar-refractivity contribution in [1.82, 2.24) is 5.32 Å². The molecule has 2 nitrogen and oxygen atoms in total. The number of carbonyl (C=O) groups excluding carboxylic acids is 1. The van der Waals surface area contributed by atoms with Crippen LogP contribution in [0.4, 0.5) is 4.39 Å². The Bertz CT molecular complexity index is 429. The first-order chi connectivity index (χ1) is 7.52. The molecule has 1 fully saturated rings. The second kappa shape index (κ2) is 4.31. The average molecular weight is 333 g/mol. The summed E-state index contributed by atoms with van der Waals surface area (Å²) in [5, 5.41) is 2.97. The van der Waals surface area contributed by atoms with Crippen LogP contribution >= 0.6 is 22.6 Å². The van der Waals surface area contributed by atoms with Gasteiger partial charge in [0.2, 0.25) is 0 Å². The van der Waals surface area contributed by atoms with E-state index in [9.17, 15) is 9.18 Å². The second-order valence-electron chi connectivity index (χ2n) is 4.47. The Morgan fingerprint density at radius 2 is 2.19 bits per heavy atom. The Balaban J connectivity index is 2.17. The Kier molecular flexibility index (Phi) is 3.19. The number of rotatable bonds is 2. The third kappa shape index (κ3) is 2.21. The van der Waals surface area contributed by atoms with Gasteiger partial charge in [-0.2, -0.15) is 0 Å². The first kappa shape index (κ1) is 11.8. The van der Waals surface area contributed by atoms with Gasteiger partial charge in [-0.3, -0.25) is 4.79 Å². The third-order valence-corrected chi connectivity index (χ3v) is 4.17. The van der Waals surface area contributed by atoms with Crippen molar-refractivity contribution in [3.8, 4) is 0 Å². The lowest BCUT2D eigenvalue weighted by atomic mass is 9.78. The Hall–Kier alpha value is -0.650. The van der Waals surface area contributed by atoms with E-state index in [4.69, 9.17) is 0 Å². The molecule has 4 heteroatoms. The van der Waals surface area contributed by atoms with Crippen LogP contribution in [0.1, 0.15) is 36.5 Å². The zero-order valence-corrected chi connectivity index (χ0v) is 11.2. The van der Waals surface area contributed by atoms with Gasteiger partial charge in [0.25, 0.3) is 5.91 Å². The van der Waals surface area contributed by atoms with Gasteiger partial charge in [-0.1, -0.05) is 6.07 Å². The predicted molar refractivity (Wildman–Crippen MR) is 68.8 cm³/mol. The highest BCUT2D eigenvalue weighted by Gasteiger charge is 2.33. The van der Waals surface area contributed by atoms with Gasteiger partial charge in [0.05, 0.1) is 9.13 Å². The number of hydrogen-bond acceptors (Lipinski definition) is 1. The summed E-state index contributed by atoms with van der Waals surface area (Å²) in [6.45, 7) is 2.03. The van der Waals surface area contributed by atoms with E-state index in [1.807, 2.05) is 29.5 Å². The van der Waals surface area contributed by atoms with Gasteiger partial charge < -0.3 is 5.32 Å². The molecule has 86 valence electrons. The topological polar surface area (TPSA) is 29.1 Å². The van der Waals surface area contributed by atoms with Crippen molar-refractivity contribution >= 4 is 28.5 Å². The lowest BCUT2D eigenvalue weighted by Crippen LogP contribution is -2.51. The predicted octanol–water partition coefficient (Wildman–Crippen LogP) is 3.10.